The van der Waals surface area contributed by atoms with Gasteiger partial charge >= 0.3 is 0 Å². The van der Waals surface area contributed by atoms with E-state index in [9.17, 15) is 9.18 Å². The fourth-order valence-electron chi connectivity index (χ4n) is 3.43. The maximum atomic E-state index is 13.4. The maximum absolute atomic E-state index is 13.4. The van der Waals surface area contributed by atoms with Crippen molar-refractivity contribution >= 4 is 28.4 Å². The van der Waals surface area contributed by atoms with Gasteiger partial charge in [-0.2, -0.15) is 0 Å². The lowest BCUT2D eigenvalue weighted by Crippen LogP contribution is -2.30. The molecule has 0 saturated carbocycles. The maximum Gasteiger partial charge on any atom is 0.256 e. The van der Waals surface area contributed by atoms with Gasteiger partial charge < -0.3 is 9.64 Å². The summed E-state index contributed by atoms with van der Waals surface area (Å²) in [6.07, 6.45) is 3.13. The van der Waals surface area contributed by atoms with Gasteiger partial charge in [-0.1, -0.05) is 23.7 Å². The smallest absolute Gasteiger partial charge is 0.256 e. The molecule has 2 aromatic carbocycles. The van der Waals surface area contributed by atoms with Crippen LogP contribution in [0, 0.1) is 5.82 Å². The Balaban J connectivity index is 1.69. The minimum absolute atomic E-state index is 0.207. The van der Waals surface area contributed by atoms with E-state index in [0.717, 1.165) is 22.2 Å². The molecule has 0 spiro atoms. The van der Waals surface area contributed by atoms with Crippen LogP contribution in [0.3, 0.4) is 0 Å². The van der Waals surface area contributed by atoms with Gasteiger partial charge in [0.05, 0.1) is 17.7 Å². The van der Waals surface area contributed by atoms with E-state index in [-0.39, 0.29) is 24.8 Å². The first-order chi connectivity index (χ1) is 15.5. The number of carbonyl (C=O) groups excluding carboxylic acids is 1. The molecule has 4 rings (SSSR count). The number of hydrogen-bond acceptors (Lipinski definition) is 4. The number of halogens is 2. The van der Waals surface area contributed by atoms with Crippen molar-refractivity contribution in [1.82, 2.24) is 14.9 Å². The summed E-state index contributed by atoms with van der Waals surface area (Å²) in [4.78, 5) is 23.4. The summed E-state index contributed by atoms with van der Waals surface area (Å²) in [5, 5.41) is 1.19. The first-order valence-electron chi connectivity index (χ1n) is 10.2. The molecule has 5 nitrogen and oxygen atoms in total. The van der Waals surface area contributed by atoms with Crippen LogP contribution in [0.2, 0.25) is 5.15 Å². The molecule has 32 heavy (non-hydrogen) atoms. The molecular weight excluding hydrogens is 429 g/mol. The van der Waals surface area contributed by atoms with Crippen molar-refractivity contribution in [3.05, 3.63) is 101 Å². The van der Waals surface area contributed by atoms with Gasteiger partial charge in [-0.05, 0) is 61.0 Å². The SMILES string of the molecule is CCOc1ccc2nc(Cl)c(CN(Cc3ccc(F)cc3)C(=O)c3cccnc3)cc2c1. The number of fused-ring (bicyclic) bond motifs is 1. The molecule has 0 fully saturated rings. The molecule has 0 aliphatic carbocycles. The molecule has 0 N–H and O–H groups in total. The third-order valence-electron chi connectivity index (χ3n) is 4.97. The van der Waals surface area contributed by atoms with Crippen LogP contribution in [0.1, 0.15) is 28.4 Å². The highest BCUT2D eigenvalue weighted by Crippen LogP contribution is 2.26. The van der Waals surface area contributed by atoms with Gasteiger partial charge in [0.25, 0.3) is 5.91 Å². The fourth-order valence-corrected chi connectivity index (χ4v) is 3.63. The van der Waals surface area contributed by atoms with Crippen LogP contribution >= 0.6 is 11.6 Å². The monoisotopic (exact) mass is 449 g/mol. The van der Waals surface area contributed by atoms with E-state index in [1.165, 1.54) is 18.3 Å². The summed E-state index contributed by atoms with van der Waals surface area (Å²) in [6.45, 7) is 2.99. The van der Waals surface area contributed by atoms with Crippen LogP contribution in [0.25, 0.3) is 10.9 Å². The molecule has 0 saturated heterocycles. The highest BCUT2D eigenvalue weighted by Gasteiger charge is 2.19. The molecule has 0 bridgehead atoms. The molecule has 0 unspecified atom stereocenters. The number of rotatable bonds is 7. The van der Waals surface area contributed by atoms with Gasteiger partial charge in [-0.25, -0.2) is 9.37 Å². The first kappa shape index (κ1) is 21.7. The molecule has 0 aliphatic rings. The number of amides is 1. The summed E-state index contributed by atoms with van der Waals surface area (Å²) >= 11 is 6.48. The van der Waals surface area contributed by atoms with E-state index in [1.54, 1.807) is 35.4 Å². The van der Waals surface area contributed by atoms with Crippen molar-refractivity contribution in [2.75, 3.05) is 6.61 Å². The Morgan fingerprint density at radius 2 is 1.91 bits per heavy atom. The number of ether oxygens (including phenoxy) is 1. The Labute approximate surface area is 190 Å². The zero-order chi connectivity index (χ0) is 22.5. The van der Waals surface area contributed by atoms with Gasteiger partial charge in [0, 0.05) is 36.4 Å². The molecule has 7 heteroatoms. The molecule has 0 atom stereocenters. The number of nitrogens with zero attached hydrogens (tertiary/aromatic N) is 3. The summed E-state index contributed by atoms with van der Waals surface area (Å²) in [5.74, 6) is 0.206. The van der Waals surface area contributed by atoms with Crippen LogP contribution in [0.15, 0.2) is 73.1 Å². The van der Waals surface area contributed by atoms with E-state index >= 15 is 0 Å². The van der Waals surface area contributed by atoms with Crippen LogP contribution in [-0.4, -0.2) is 27.4 Å². The van der Waals surface area contributed by atoms with Crippen LogP contribution < -0.4 is 4.74 Å². The van der Waals surface area contributed by atoms with E-state index in [2.05, 4.69) is 9.97 Å². The van der Waals surface area contributed by atoms with E-state index < -0.39 is 0 Å². The third kappa shape index (κ3) is 5.03. The zero-order valence-electron chi connectivity index (χ0n) is 17.5. The van der Waals surface area contributed by atoms with Gasteiger partial charge in [0.15, 0.2) is 0 Å². The van der Waals surface area contributed by atoms with Crippen molar-refractivity contribution in [2.24, 2.45) is 0 Å². The minimum Gasteiger partial charge on any atom is -0.494 e. The van der Waals surface area contributed by atoms with E-state index in [1.807, 2.05) is 31.2 Å². The lowest BCUT2D eigenvalue weighted by Gasteiger charge is -2.23. The number of pyridine rings is 2. The summed E-state index contributed by atoms with van der Waals surface area (Å²) in [7, 11) is 0. The van der Waals surface area contributed by atoms with Gasteiger partial charge in [0.1, 0.15) is 16.7 Å². The second-order valence-electron chi connectivity index (χ2n) is 7.26. The van der Waals surface area contributed by atoms with Crippen molar-refractivity contribution in [2.45, 2.75) is 20.0 Å². The molecule has 162 valence electrons. The second-order valence-corrected chi connectivity index (χ2v) is 7.61. The number of hydrogen-bond donors (Lipinski definition) is 0. The number of aromatic nitrogens is 2. The average molecular weight is 450 g/mol. The molecule has 2 aromatic heterocycles. The fraction of sp³-hybridized carbons (Fsp3) is 0.160. The molecule has 0 aliphatic heterocycles. The Morgan fingerprint density at radius 3 is 2.62 bits per heavy atom. The van der Waals surface area contributed by atoms with Gasteiger partial charge in [0.2, 0.25) is 0 Å². The Kier molecular flexibility index (Phi) is 6.61. The molecule has 1 amide bonds. The zero-order valence-corrected chi connectivity index (χ0v) is 18.2. The minimum atomic E-state index is -0.328. The summed E-state index contributed by atoms with van der Waals surface area (Å²) < 4.78 is 18.9. The normalized spacial score (nSPS) is 10.8. The Bertz CT molecular complexity index is 1230. The lowest BCUT2D eigenvalue weighted by molar-refractivity contribution is 0.0729. The van der Waals surface area contributed by atoms with Crippen LogP contribution in [-0.2, 0) is 13.1 Å². The van der Waals surface area contributed by atoms with Crippen molar-refractivity contribution in [1.29, 1.82) is 0 Å². The summed E-state index contributed by atoms with van der Waals surface area (Å²) in [6, 6.07) is 17.0. The largest absolute Gasteiger partial charge is 0.494 e. The molecular formula is C25H21ClFN3O2. The third-order valence-corrected chi connectivity index (χ3v) is 5.29. The molecule has 0 radical (unpaired) electrons. The van der Waals surface area contributed by atoms with Crippen molar-refractivity contribution < 1.29 is 13.9 Å². The average Bonchev–Trinajstić information content (AvgIpc) is 2.81. The highest BCUT2D eigenvalue weighted by atomic mass is 35.5. The quantitative estimate of drug-likeness (QED) is 0.341. The van der Waals surface area contributed by atoms with Gasteiger partial charge in [-0.3, -0.25) is 9.78 Å². The van der Waals surface area contributed by atoms with E-state index in [4.69, 9.17) is 16.3 Å². The van der Waals surface area contributed by atoms with E-state index in [0.29, 0.717) is 22.9 Å². The lowest BCUT2D eigenvalue weighted by atomic mass is 10.1. The van der Waals surface area contributed by atoms with Crippen LogP contribution in [0.4, 0.5) is 4.39 Å². The topological polar surface area (TPSA) is 55.3 Å². The van der Waals surface area contributed by atoms with Gasteiger partial charge in [-0.15, -0.1) is 0 Å². The Hall–Kier alpha value is -3.51. The molecule has 4 aromatic rings. The second kappa shape index (κ2) is 9.75. The van der Waals surface area contributed by atoms with Crippen molar-refractivity contribution in [3.63, 3.8) is 0 Å². The van der Waals surface area contributed by atoms with Crippen molar-refractivity contribution in [3.8, 4) is 5.75 Å². The number of carbonyl (C=O) groups is 1. The van der Waals surface area contributed by atoms with Crippen LogP contribution in [0.5, 0.6) is 5.75 Å². The Morgan fingerprint density at radius 1 is 1.09 bits per heavy atom. The summed E-state index contributed by atoms with van der Waals surface area (Å²) in [5.41, 5.74) is 2.70. The predicted molar refractivity (Wildman–Crippen MR) is 122 cm³/mol. The predicted octanol–water partition coefficient (Wildman–Crippen LogP) is 5.66. The highest BCUT2D eigenvalue weighted by molar-refractivity contribution is 6.30. The first-order valence-corrected chi connectivity index (χ1v) is 10.6. The standard InChI is InChI=1S/C25H21ClFN3O2/c1-2-32-22-9-10-23-19(13-22)12-20(24(26)29-23)16-30(15-17-5-7-21(27)8-6-17)25(31)18-4-3-11-28-14-18/h3-14H,2,15-16H2,1H3. The molecule has 2 heterocycles. The number of benzene rings is 2.